The number of carboxylic acids is 3. The number of thiocarbonyl (C=S) groups is 1. The number of anilines is 8. The van der Waals surface area contributed by atoms with Gasteiger partial charge in [-0.2, -0.15) is 0 Å². The van der Waals surface area contributed by atoms with Crippen molar-refractivity contribution in [3.05, 3.63) is 219 Å². The van der Waals surface area contributed by atoms with Gasteiger partial charge in [0.1, 0.15) is 34.8 Å². The Kier molecular flexibility index (Phi) is 28.2. The molecule has 0 amide bonds. The van der Waals surface area contributed by atoms with Crippen LogP contribution in [-0.2, 0) is 44.9 Å². The molecule has 0 atom stereocenters. The van der Waals surface area contributed by atoms with Gasteiger partial charge in [0.25, 0.3) is 5.69 Å². The Balaban J connectivity index is 0.000000180. The van der Waals surface area contributed by atoms with E-state index in [0.717, 1.165) is 104 Å². The smallest absolute Gasteiger partial charge is 0.305 e. The Morgan fingerprint density at radius 2 is 0.954 bits per heavy atom. The van der Waals surface area contributed by atoms with Crippen LogP contribution in [0.15, 0.2) is 170 Å². The molecule has 580 valence electrons. The molecule has 0 saturated heterocycles. The van der Waals surface area contributed by atoms with Crippen LogP contribution < -0.4 is 43.0 Å². The van der Waals surface area contributed by atoms with E-state index in [1.54, 1.807) is 52.0 Å². The van der Waals surface area contributed by atoms with Gasteiger partial charge in [0.2, 0.25) is 0 Å². The number of aryl methyl sites for hydroxylation is 2. The molecule has 9 aromatic rings. The number of para-hydroxylation sites is 10. The fourth-order valence-corrected chi connectivity index (χ4v) is 13.9. The number of nitro groups is 1. The first kappa shape index (κ1) is 85.5. The molecule has 4 aliphatic heterocycles. The van der Waals surface area contributed by atoms with Gasteiger partial charge in [-0.15, -0.1) is 20.4 Å². The lowest BCUT2D eigenvalue weighted by Gasteiger charge is -2.39. The molecule has 24 nitrogen and oxygen atoms in total. The van der Waals surface area contributed by atoms with E-state index in [2.05, 4.69) is 189 Å². The molecule has 0 spiro atoms. The highest BCUT2D eigenvalue weighted by Crippen LogP contribution is 2.43. The minimum Gasteiger partial charge on any atom is -0.481 e. The number of halogens is 1. The Hall–Kier alpha value is -10.8. The van der Waals surface area contributed by atoms with E-state index in [1.165, 1.54) is 17.3 Å². The number of carbonyl (C=O) groups excluding carboxylic acids is 1. The van der Waals surface area contributed by atoms with E-state index in [0.29, 0.717) is 30.0 Å². The van der Waals surface area contributed by atoms with Crippen molar-refractivity contribution in [1.82, 2.24) is 29.5 Å². The van der Waals surface area contributed by atoms with Crippen molar-refractivity contribution in [3.63, 3.8) is 0 Å². The first-order valence-electron chi connectivity index (χ1n) is 36.0. The number of ketones is 1. The molecule has 109 heavy (non-hydrogen) atoms. The summed E-state index contributed by atoms with van der Waals surface area (Å²) in [5, 5.41) is 70.8. The zero-order valence-electron chi connectivity index (χ0n) is 65.3. The lowest BCUT2D eigenvalue weighted by molar-refractivity contribution is -0.384. The number of benzene rings is 7. The van der Waals surface area contributed by atoms with E-state index in [1.807, 2.05) is 94.4 Å². The molecule has 0 bridgehead atoms. The first-order chi connectivity index (χ1) is 50.8. The fourth-order valence-electron chi connectivity index (χ4n) is 13.2. The predicted octanol–water partition coefficient (Wildman–Crippen LogP) is 17.0. The first-order valence-corrected chi connectivity index (χ1v) is 36.8. The van der Waals surface area contributed by atoms with Gasteiger partial charge in [-0.25, -0.2) is 0 Å². The quantitative estimate of drug-likeness (QED) is 0.0235. The van der Waals surface area contributed by atoms with Crippen LogP contribution in [0.1, 0.15) is 163 Å². The summed E-state index contributed by atoms with van der Waals surface area (Å²) in [5.74, 6) is 1.53. The van der Waals surface area contributed by atoms with E-state index < -0.39 is 39.4 Å². The van der Waals surface area contributed by atoms with Crippen LogP contribution in [0.5, 0.6) is 0 Å². The monoisotopic (exact) mass is 1520 g/mol. The summed E-state index contributed by atoms with van der Waals surface area (Å²) < 4.78 is 4.30. The molecule has 13 rings (SSSR count). The maximum Gasteiger partial charge on any atom is 0.305 e. The van der Waals surface area contributed by atoms with Gasteiger partial charge >= 0.3 is 17.9 Å². The zero-order chi connectivity index (χ0) is 80.6. The number of nitrogen functional groups attached to an aromatic ring is 1. The number of nitrogens with zero attached hydrogens (tertiary/aromatic N) is 8. The summed E-state index contributed by atoms with van der Waals surface area (Å²) in [6.45, 7) is 31.7. The molecule has 6 heterocycles. The highest BCUT2D eigenvalue weighted by atomic mass is 35.5. The predicted molar refractivity (Wildman–Crippen MR) is 442 cm³/mol. The summed E-state index contributed by atoms with van der Waals surface area (Å²) >= 11 is 11.5. The molecule has 0 fully saturated rings. The molecule has 12 N–H and O–H groups in total. The van der Waals surface area contributed by atoms with Crippen LogP contribution in [0.2, 0.25) is 5.02 Å². The topological polar surface area (TPSA) is 349 Å². The van der Waals surface area contributed by atoms with Crippen LogP contribution in [0.4, 0.5) is 51.2 Å². The Labute approximate surface area is 650 Å². The molecule has 0 radical (unpaired) electrons. The van der Waals surface area contributed by atoms with Crippen molar-refractivity contribution >= 4 is 104 Å². The Morgan fingerprint density at radius 3 is 1.47 bits per heavy atom. The number of carboxylic acid groups (broad SMARTS) is 3. The highest BCUT2D eigenvalue weighted by Gasteiger charge is 2.37. The third-order valence-corrected chi connectivity index (χ3v) is 18.0. The minimum atomic E-state index is -0.957. The molecule has 4 aliphatic rings. The average molecular weight is 1530 g/mol. The Morgan fingerprint density at radius 1 is 0.541 bits per heavy atom. The number of Topliss-reactive ketones (excluding diaryl/α,β-unsaturated/α-hetero) is 1. The number of fused-ring (bicyclic) bond motifs is 8. The molecule has 7 aromatic carbocycles. The van der Waals surface area contributed by atoms with Crippen molar-refractivity contribution in [3.8, 4) is 11.4 Å². The number of hydrogen-bond acceptors (Lipinski definition) is 19. The number of aromatic nitrogens is 6. The van der Waals surface area contributed by atoms with Crippen LogP contribution in [-0.4, -0.2) is 117 Å². The number of aliphatic carboxylic acids is 3. The number of hydrogen-bond donors (Lipinski definition) is 10. The van der Waals surface area contributed by atoms with Gasteiger partial charge in [0, 0.05) is 105 Å². The fraction of sp³-hybridized carbons (Fsp3) is 0.386. The largest absolute Gasteiger partial charge is 0.481 e. The van der Waals surface area contributed by atoms with Gasteiger partial charge in [-0.1, -0.05) is 109 Å². The summed E-state index contributed by atoms with van der Waals surface area (Å²) in [4.78, 5) is 56.6. The number of nitrogens with one attached hydrogen (secondary N) is 5. The lowest BCUT2D eigenvalue weighted by atomic mass is 9.96. The second kappa shape index (κ2) is 36.0. The van der Waals surface area contributed by atoms with Crippen molar-refractivity contribution < 1.29 is 39.4 Å². The summed E-state index contributed by atoms with van der Waals surface area (Å²) in [6.07, 6.45) is 4.66. The van der Waals surface area contributed by atoms with Crippen LogP contribution >= 0.6 is 23.8 Å². The number of rotatable bonds is 12. The zero-order valence-corrected chi connectivity index (χ0v) is 66.9. The number of nitro benzene ring substituents is 1. The Bertz CT molecular complexity index is 4600. The number of carbonyl (C=O) groups is 4. The molecule has 26 heteroatoms. The minimum absolute atomic E-state index is 0.0101. The lowest BCUT2D eigenvalue weighted by Crippen LogP contribution is -2.42. The van der Waals surface area contributed by atoms with Crippen molar-refractivity contribution in [2.45, 2.75) is 207 Å². The van der Waals surface area contributed by atoms with Crippen molar-refractivity contribution in [2.75, 3.05) is 37.2 Å². The summed E-state index contributed by atoms with van der Waals surface area (Å²) in [5.41, 5.74) is 21.1. The maximum absolute atomic E-state index is 11.6. The molecular weight excluding hydrogens is 1420 g/mol. The SMILES string of the molecule is CC(C)(CC(=O)O)Nc1ccccc1N.CC(C)(CC(=O)O)Nc1ccccc1[N+](=O)[O-].CC(C)(N)CC(=O)O.CC1(C)CC(=O)Cc2ccccc2N1.CC1(C)CC(=S)Cc2ccccc2N1.Cc1nnc2n1-c1ccccc1N(c1ccc(Cl)cc1)C(C)(C)C2.Cc1nnc2n1-c1ccccc1NC(C)(C)C2. The molecule has 0 saturated carbocycles. The van der Waals surface area contributed by atoms with E-state index in [4.69, 9.17) is 50.6 Å². The van der Waals surface area contributed by atoms with Crippen LogP contribution in [0.3, 0.4) is 0 Å². The van der Waals surface area contributed by atoms with Gasteiger partial charge < -0.3 is 58.3 Å². The van der Waals surface area contributed by atoms with Crippen LogP contribution in [0.25, 0.3) is 11.4 Å². The van der Waals surface area contributed by atoms with Gasteiger partial charge in [-0.3, -0.25) is 38.4 Å². The van der Waals surface area contributed by atoms with Gasteiger partial charge in [-0.05, 0) is 206 Å². The second-order valence-corrected chi connectivity index (χ2v) is 33.2. The third-order valence-electron chi connectivity index (χ3n) is 17.5. The normalized spacial score (nSPS) is 15.1. The highest BCUT2D eigenvalue weighted by molar-refractivity contribution is 7.80. The standard InChI is InChI=1S/C19H19ClN4.C13H16N4.C12H15NO.C12H15NS.C11H14N2O4.C11H16N2O2.C5H11NO2/c1-13-21-22-18-12-19(2,3)24(15-10-8-14(20)9-11-15)17-7-5-4-6-16(17)23(13)18;1-9-15-16-12-8-13(2,3)14-10-6-4-5-7-11(10)17(9)12;2*1-12(2)8-10(14)7-9-5-3-4-6-11(9)13-12;1-11(2,7-10(14)15)12-8-5-3-4-6-9(8)13(16)17;1-11(2,7-10(14)15)13-9-6-4-3-5-8(9)12;1-5(2,6)3-4(7)8/h4-11H,12H2,1-3H3;4-7,14H,8H2,1-3H3;2*3-6,13H,7-8H2,1-2H3;3-6,12H,7H2,1-2H3,(H,14,15);3-6,13H,7,12H2,1-2H3,(H,14,15);3,6H2,1-2H3,(H,7,8). The molecular formula is C83H106ClN15O9S. The van der Waals surface area contributed by atoms with Crippen molar-refractivity contribution in [2.24, 2.45) is 5.73 Å². The molecule has 0 unspecified atom stereocenters. The molecule has 2 aromatic heterocycles. The van der Waals surface area contributed by atoms with E-state index in [-0.39, 0.29) is 47.1 Å². The van der Waals surface area contributed by atoms with Crippen LogP contribution in [0, 0.1) is 24.0 Å². The maximum atomic E-state index is 11.6. The third kappa shape index (κ3) is 25.7. The molecule has 0 aliphatic carbocycles. The average Bonchev–Trinajstić information content (AvgIpc) is 1.61. The van der Waals surface area contributed by atoms with E-state index >= 15 is 0 Å². The van der Waals surface area contributed by atoms with Gasteiger partial charge in [0.05, 0.1) is 58.3 Å². The second-order valence-electron chi connectivity index (χ2n) is 32.2. The summed E-state index contributed by atoms with van der Waals surface area (Å²) in [6, 6.07) is 54.6. The van der Waals surface area contributed by atoms with Crippen molar-refractivity contribution in [1.29, 1.82) is 0 Å². The van der Waals surface area contributed by atoms with E-state index in [9.17, 15) is 29.3 Å². The summed E-state index contributed by atoms with van der Waals surface area (Å²) in [7, 11) is 0. The number of nitrogens with two attached hydrogens (primary N) is 2. The van der Waals surface area contributed by atoms with Gasteiger partial charge in [0.15, 0.2) is 0 Å².